The fourth-order valence-electron chi connectivity index (χ4n) is 5.67. The number of fused-ring (bicyclic) bond motifs is 1. The van der Waals surface area contributed by atoms with Gasteiger partial charge >= 0.3 is 0 Å². The number of hydrogen-bond acceptors (Lipinski definition) is 3. The SMILES string of the molecule is C.O=C(NCCc1ccccc1)[C@@H]1c2ccccc2C(=O)N(C2CCCC2)[C@H]1C(=O)NCc1ccccc1. The summed E-state index contributed by atoms with van der Waals surface area (Å²) in [6.07, 6.45) is 4.42. The van der Waals surface area contributed by atoms with Crippen LogP contribution in [0.25, 0.3) is 0 Å². The lowest BCUT2D eigenvalue weighted by atomic mass is 9.80. The van der Waals surface area contributed by atoms with Crippen LogP contribution in [0.4, 0.5) is 0 Å². The Morgan fingerprint density at radius 2 is 1.37 bits per heavy atom. The van der Waals surface area contributed by atoms with Gasteiger partial charge in [-0.3, -0.25) is 14.4 Å². The molecule has 1 aliphatic heterocycles. The van der Waals surface area contributed by atoms with E-state index in [9.17, 15) is 14.4 Å². The molecule has 0 saturated heterocycles. The highest BCUT2D eigenvalue weighted by molar-refractivity contribution is 6.06. The van der Waals surface area contributed by atoms with E-state index in [1.54, 1.807) is 11.0 Å². The molecule has 2 N–H and O–H groups in total. The molecule has 5 rings (SSSR count). The summed E-state index contributed by atoms with van der Waals surface area (Å²) < 4.78 is 0. The van der Waals surface area contributed by atoms with Crippen molar-refractivity contribution >= 4 is 17.7 Å². The van der Waals surface area contributed by atoms with E-state index in [4.69, 9.17) is 0 Å². The number of carbonyl (C=O) groups excluding carboxylic acids is 3. The Bertz CT molecular complexity index is 1240. The van der Waals surface area contributed by atoms with E-state index in [1.165, 1.54) is 0 Å². The second-order valence-electron chi connectivity index (χ2n) is 9.89. The molecular formula is C32H37N3O3. The van der Waals surface area contributed by atoms with Crippen LogP contribution >= 0.6 is 0 Å². The predicted molar refractivity (Wildman–Crippen MR) is 150 cm³/mol. The summed E-state index contributed by atoms with van der Waals surface area (Å²) in [4.78, 5) is 43.1. The summed E-state index contributed by atoms with van der Waals surface area (Å²) in [5, 5.41) is 6.10. The average molecular weight is 512 g/mol. The van der Waals surface area contributed by atoms with Crippen molar-refractivity contribution < 1.29 is 14.4 Å². The Hall–Kier alpha value is -3.93. The van der Waals surface area contributed by atoms with Crippen LogP contribution < -0.4 is 10.6 Å². The summed E-state index contributed by atoms with van der Waals surface area (Å²) in [6.45, 7) is 0.796. The van der Waals surface area contributed by atoms with Crippen molar-refractivity contribution in [3.63, 3.8) is 0 Å². The highest BCUT2D eigenvalue weighted by Crippen LogP contribution is 2.38. The lowest BCUT2D eigenvalue weighted by Crippen LogP contribution is -2.61. The molecular weight excluding hydrogens is 474 g/mol. The van der Waals surface area contributed by atoms with E-state index in [2.05, 4.69) is 10.6 Å². The van der Waals surface area contributed by atoms with Crippen molar-refractivity contribution in [3.05, 3.63) is 107 Å². The van der Waals surface area contributed by atoms with Gasteiger partial charge in [-0.1, -0.05) is 99.1 Å². The largest absolute Gasteiger partial charge is 0.355 e. The molecule has 1 fully saturated rings. The maximum atomic E-state index is 13.8. The smallest absolute Gasteiger partial charge is 0.255 e. The van der Waals surface area contributed by atoms with Crippen molar-refractivity contribution in [1.82, 2.24) is 15.5 Å². The number of amides is 3. The van der Waals surface area contributed by atoms with E-state index in [1.807, 2.05) is 78.9 Å². The molecule has 2 atom stereocenters. The zero-order valence-corrected chi connectivity index (χ0v) is 20.9. The Kier molecular flexibility index (Phi) is 8.95. The van der Waals surface area contributed by atoms with Gasteiger partial charge in [-0.15, -0.1) is 0 Å². The van der Waals surface area contributed by atoms with Crippen molar-refractivity contribution in [2.75, 3.05) is 6.54 Å². The van der Waals surface area contributed by atoms with Gasteiger partial charge in [-0.25, -0.2) is 0 Å². The minimum atomic E-state index is -0.897. The Labute approximate surface area is 225 Å². The maximum Gasteiger partial charge on any atom is 0.255 e. The van der Waals surface area contributed by atoms with E-state index >= 15 is 0 Å². The number of nitrogens with one attached hydrogen (secondary N) is 2. The number of benzene rings is 3. The van der Waals surface area contributed by atoms with E-state index in [0.29, 0.717) is 30.6 Å². The van der Waals surface area contributed by atoms with E-state index < -0.39 is 12.0 Å². The molecule has 0 radical (unpaired) electrons. The van der Waals surface area contributed by atoms with E-state index in [-0.39, 0.29) is 31.2 Å². The van der Waals surface area contributed by atoms with Crippen LogP contribution in [0.5, 0.6) is 0 Å². The third-order valence-electron chi connectivity index (χ3n) is 7.51. The predicted octanol–water partition coefficient (Wildman–Crippen LogP) is 4.85. The fourth-order valence-corrected chi connectivity index (χ4v) is 5.67. The highest BCUT2D eigenvalue weighted by Gasteiger charge is 2.49. The fraction of sp³-hybridized carbons (Fsp3) is 0.344. The van der Waals surface area contributed by atoms with Crippen LogP contribution in [-0.2, 0) is 22.6 Å². The molecule has 2 aliphatic rings. The second kappa shape index (κ2) is 12.5. The van der Waals surface area contributed by atoms with Gasteiger partial charge in [0.25, 0.3) is 5.91 Å². The monoisotopic (exact) mass is 511 g/mol. The van der Waals surface area contributed by atoms with Crippen LogP contribution in [0.1, 0.15) is 66.1 Å². The number of nitrogens with zero attached hydrogens (tertiary/aromatic N) is 1. The van der Waals surface area contributed by atoms with Gasteiger partial charge in [0, 0.05) is 24.7 Å². The quantitative estimate of drug-likeness (QED) is 0.454. The summed E-state index contributed by atoms with van der Waals surface area (Å²) in [5.74, 6) is -1.45. The van der Waals surface area contributed by atoms with Crippen LogP contribution in [0.3, 0.4) is 0 Å². The molecule has 6 heteroatoms. The maximum absolute atomic E-state index is 13.8. The Morgan fingerprint density at radius 1 is 0.763 bits per heavy atom. The number of hydrogen-bond donors (Lipinski definition) is 2. The first kappa shape index (κ1) is 27.1. The first-order valence-electron chi connectivity index (χ1n) is 13.2. The first-order chi connectivity index (χ1) is 18.1. The summed E-state index contributed by atoms with van der Waals surface area (Å²) in [7, 11) is 0. The first-order valence-corrected chi connectivity index (χ1v) is 13.2. The average Bonchev–Trinajstić information content (AvgIpc) is 3.47. The Balaban J connectivity index is 0.00000336. The van der Waals surface area contributed by atoms with Crippen molar-refractivity contribution in [2.24, 2.45) is 0 Å². The zero-order chi connectivity index (χ0) is 25.6. The van der Waals surface area contributed by atoms with Crippen molar-refractivity contribution in [2.45, 2.75) is 64.1 Å². The number of rotatable bonds is 8. The second-order valence-corrected chi connectivity index (χ2v) is 9.89. The molecule has 0 spiro atoms. The van der Waals surface area contributed by atoms with Gasteiger partial charge in [0.2, 0.25) is 11.8 Å². The molecule has 3 aromatic rings. The van der Waals surface area contributed by atoms with Crippen molar-refractivity contribution in [1.29, 1.82) is 0 Å². The third kappa shape index (κ3) is 5.80. The van der Waals surface area contributed by atoms with Crippen LogP contribution in [0, 0.1) is 0 Å². The highest BCUT2D eigenvalue weighted by atomic mass is 16.2. The lowest BCUT2D eigenvalue weighted by Gasteiger charge is -2.43. The molecule has 3 aromatic carbocycles. The molecule has 1 saturated carbocycles. The van der Waals surface area contributed by atoms with Gasteiger partial charge in [0.05, 0.1) is 5.92 Å². The zero-order valence-electron chi connectivity index (χ0n) is 20.9. The minimum absolute atomic E-state index is 0. The topological polar surface area (TPSA) is 78.5 Å². The molecule has 0 aromatic heterocycles. The third-order valence-corrected chi connectivity index (χ3v) is 7.51. The molecule has 3 amide bonds. The molecule has 1 aliphatic carbocycles. The molecule has 38 heavy (non-hydrogen) atoms. The minimum Gasteiger partial charge on any atom is -0.355 e. The van der Waals surface area contributed by atoms with Crippen LogP contribution in [-0.4, -0.2) is 41.2 Å². The molecule has 198 valence electrons. The molecule has 1 heterocycles. The molecule has 0 unspecified atom stereocenters. The normalized spacial score (nSPS) is 18.8. The van der Waals surface area contributed by atoms with Gasteiger partial charge in [-0.05, 0) is 42.0 Å². The lowest BCUT2D eigenvalue weighted by molar-refractivity contribution is -0.134. The summed E-state index contributed by atoms with van der Waals surface area (Å²) in [5.41, 5.74) is 3.24. The van der Waals surface area contributed by atoms with Crippen LogP contribution in [0.2, 0.25) is 0 Å². The van der Waals surface area contributed by atoms with Crippen LogP contribution in [0.15, 0.2) is 84.9 Å². The van der Waals surface area contributed by atoms with E-state index in [0.717, 1.165) is 36.8 Å². The van der Waals surface area contributed by atoms with Crippen molar-refractivity contribution in [3.8, 4) is 0 Å². The van der Waals surface area contributed by atoms with Gasteiger partial charge in [0.1, 0.15) is 6.04 Å². The molecule has 0 bridgehead atoms. The Morgan fingerprint density at radius 3 is 2.05 bits per heavy atom. The standard InChI is InChI=1S/C31H33N3O3.CH4/c35-29(32-20-19-22-11-3-1-4-12-22)27-25-17-9-10-18-26(25)31(37)34(24-15-7-8-16-24)28(27)30(36)33-21-23-13-5-2-6-14-23;/h1-6,9-14,17-18,24,27-28H,7-8,15-16,19-21H2,(H,32,35)(H,33,36);1H4/t27-,28-;/m1./s1. The van der Waals surface area contributed by atoms with Gasteiger partial charge in [0.15, 0.2) is 0 Å². The summed E-state index contributed by atoms with van der Waals surface area (Å²) in [6, 6.07) is 26.0. The molecule has 6 nitrogen and oxygen atoms in total. The number of carbonyl (C=O) groups is 3. The summed E-state index contributed by atoms with van der Waals surface area (Å²) >= 11 is 0. The van der Waals surface area contributed by atoms with Gasteiger partial charge in [-0.2, -0.15) is 0 Å². The van der Waals surface area contributed by atoms with Gasteiger partial charge < -0.3 is 15.5 Å².